The van der Waals surface area contributed by atoms with Gasteiger partial charge >= 0.3 is 0 Å². The van der Waals surface area contributed by atoms with Gasteiger partial charge in [-0.3, -0.25) is 14.4 Å². The number of carbonyl (C=O) groups excluding carboxylic acids is 3. The topological polar surface area (TPSA) is 89.3 Å². The van der Waals surface area contributed by atoms with E-state index in [1.54, 1.807) is 42.5 Å². The van der Waals surface area contributed by atoms with Gasteiger partial charge in [0.05, 0.1) is 11.3 Å². The number of Topliss-reactive ketones (excluding diaryl/α,β-unsaturated/α-hetero) is 1. The predicted octanol–water partition coefficient (Wildman–Crippen LogP) is 3.15. The molecule has 0 radical (unpaired) electrons. The van der Waals surface area contributed by atoms with Crippen LogP contribution in [0, 0.1) is 0 Å². The maximum atomic E-state index is 12.0. The summed E-state index contributed by atoms with van der Waals surface area (Å²) in [5, 5.41) is 2.61. The fraction of sp³-hybridized carbons (Fsp3) is 0.118. The van der Waals surface area contributed by atoms with E-state index in [0.29, 0.717) is 11.3 Å². The Morgan fingerprint density at radius 2 is 1.61 bits per heavy atom. The number of hydrogen-bond donors (Lipinski definition) is 2. The molecule has 2 aromatic rings. The Hall–Kier alpha value is -2.47. The summed E-state index contributed by atoms with van der Waals surface area (Å²) in [5.74, 6) is -1.08. The van der Waals surface area contributed by atoms with E-state index in [9.17, 15) is 14.4 Å². The zero-order valence-corrected chi connectivity index (χ0v) is 13.8. The number of hydrogen-bond acceptors (Lipinski definition) is 3. The van der Waals surface area contributed by atoms with E-state index in [1.165, 1.54) is 6.07 Å². The molecule has 0 heterocycles. The highest BCUT2D eigenvalue weighted by molar-refractivity contribution is 9.10. The zero-order valence-electron chi connectivity index (χ0n) is 12.2. The molecule has 5 nitrogen and oxygen atoms in total. The minimum absolute atomic E-state index is 0.0298. The molecule has 0 saturated carbocycles. The predicted molar refractivity (Wildman–Crippen MR) is 91.3 cm³/mol. The third-order valence-corrected chi connectivity index (χ3v) is 3.74. The SMILES string of the molecule is NC(=O)c1ccccc1NC(=O)CCC(=O)c1ccc(Br)cc1. The second-order valence-electron chi connectivity index (χ2n) is 4.89. The molecule has 6 heteroatoms. The molecule has 0 aliphatic heterocycles. The third-order valence-electron chi connectivity index (χ3n) is 3.21. The molecule has 23 heavy (non-hydrogen) atoms. The zero-order chi connectivity index (χ0) is 16.8. The van der Waals surface area contributed by atoms with E-state index >= 15 is 0 Å². The second kappa shape index (κ2) is 7.69. The highest BCUT2D eigenvalue weighted by atomic mass is 79.9. The number of carbonyl (C=O) groups is 3. The molecule has 0 aromatic heterocycles. The first kappa shape index (κ1) is 16.9. The number of amides is 2. The summed E-state index contributed by atoms with van der Waals surface area (Å²) in [6.45, 7) is 0. The maximum absolute atomic E-state index is 12.0. The van der Waals surface area contributed by atoms with Crippen LogP contribution in [0.25, 0.3) is 0 Å². The number of primary amides is 1. The molecule has 2 rings (SSSR count). The fourth-order valence-electron chi connectivity index (χ4n) is 2.03. The average Bonchev–Trinajstić information content (AvgIpc) is 2.53. The van der Waals surface area contributed by atoms with Gasteiger partial charge in [0.15, 0.2) is 5.78 Å². The minimum atomic E-state index is -0.619. The molecule has 2 aromatic carbocycles. The molecule has 0 bridgehead atoms. The normalized spacial score (nSPS) is 10.1. The summed E-state index contributed by atoms with van der Waals surface area (Å²) in [4.78, 5) is 35.3. The van der Waals surface area contributed by atoms with Crippen LogP contribution in [0.2, 0.25) is 0 Å². The van der Waals surface area contributed by atoms with Crippen LogP contribution >= 0.6 is 15.9 Å². The maximum Gasteiger partial charge on any atom is 0.250 e. The van der Waals surface area contributed by atoms with Crippen LogP contribution in [-0.4, -0.2) is 17.6 Å². The van der Waals surface area contributed by atoms with Gasteiger partial charge in [0.1, 0.15) is 0 Å². The number of ketones is 1. The summed E-state index contributed by atoms with van der Waals surface area (Å²) in [6, 6.07) is 13.4. The van der Waals surface area contributed by atoms with Gasteiger partial charge in [-0.25, -0.2) is 0 Å². The Kier molecular flexibility index (Phi) is 5.65. The lowest BCUT2D eigenvalue weighted by Gasteiger charge is -2.08. The molecule has 0 aliphatic rings. The number of benzene rings is 2. The van der Waals surface area contributed by atoms with Crippen molar-refractivity contribution in [3.05, 3.63) is 64.1 Å². The quantitative estimate of drug-likeness (QED) is 0.761. The van der Waals surface area contributed by atoms with Crippen molar-refractivity contribution in [1.82, 2.24) is 0 Å². The van der Waals surface area contributed by atoms with Crippen molar-refractivity contribution in [3.63, 3.8) is 0 Å². The van der Waals surface area contributed by atoms with Gasteiger partial charge in [-0.05, 0) is 24.3 Å². The number of nitrogens with one attached hydrogen (secondary N) is 1. The molecule has 0 spiro atoms. The van der Waals surface area contributed by atoms with Crippen molar-refractivity contribution in [2.45, 2.75) is 12.8 Å². The first-order valence-electron chi connectivity index (χ1n) is 6.95. The molecule has 0 unspecified atom stereocenters. The highest BCUT2D eigenvalue weighted by Crippen LogP contribution is 2.16. The van der Waals surface area contributed by atoms with Crippen molar-refractivity contribution < 1.29 is 14.4 Å². The monoisotopic (exact) mass is 374 g/mol. The van der Waals surface area contributed by atoms with Crippen LogP contribution < -0.4 is 11.1 Å². The first-order valence-corrected chi connectivity index (χ1v) is 7.74. The lowest BCUT2D eigenvalue weighted by molar-refractivity contribution is -0.116. The van der Waals surface area contributed by atoms with E-state index in [-0.39, 0.29) is 30.1 Å². The Bertz CT molecular complexity index is 742. The molecule has 2 amide bonds. The van der Waals surface area contributed by atoms with Crippen molar-refractivity contribution >= 4 is 39.2 Å². The molecular weight excluding hydrogens is 360 g/mol. The van der Waals surface area contributed by atoms with Gasteiger partial charge < -0.3 is 11.1 Å². The highest BCUT2D eigenvalue weighted by Gasteiger charge is 2.12. The van der Waals surface area contributed by atoms with E-state index < -0.39 is 5.91 Å². The summed E-state index contributed by atoms with van der Waals surface area (Å²) in [5.41, 5.74) is 6.39. The molecule has 3 N–H and O–H groups in total. The Balaban J connectivity index is 1.94. The molecule has 0 saturated heterocycles. The first-order chi connectivity index (χ1) is 11.0. The summed E-state index contributed by atoms with van der Waals surface area (Å²) in [7, 11) is 0. The van der Waals surface area contributed by atoms with Gasteiger partial charge in [0.25, 0.3) is 5.91 Å². The van der Waals surface area contributed by atoms with Crippen molar-refractivity contribution in [2.75, 3.05) is 5.32 Å². The van der Waals surface area contributed by atoms with Gasteiger partial charge in [-0.2, -0.15) is 0 Å². The van der Waals surface area contributed by atoms with Crippen LogP contribution in [0.3, 0.4) is 0 Å². The van der Waals surface area contributed by atoms with Crippen LogP contribution in [0.1, 0.15) is 33.6 Å². The van der Waals surface area contributed by atoms with Gasteiger partial charge in [-0.15, -0.1) is 0 Å². The van der Waals surface area contributed by atoms with Gasteiger partial charge in [0.2, 0.25) is 5.91 Å². The molecule has 118 valence electrons. The van der Waals surface area contributed by atoms with E-state index in [4.69, 9.17) is 5.73 Å². The van der Waals surface area contributed by atoms with Gasteiger partial charge in [0, 0.05) is 22.9 Å². The van der Waals surface area contributed by atoms with Crippen LogP contribution in [0.15, 0.2) is 53.0 Å². The smallest absolute Gasteiger partial charge is 0.250 e. The summed E-state index contributed by atoms with van der Waals surface area (Å²) in [6.07, 6.45) is 0.119. The largest absolute Gasteiger partial charge is 0.366 e. The lowest BCUT2D eigenvalue weighted by atomic mass is 10.1. The minimum Gasteiger partial charge on any atom is -0.366 e. The lowest BCUT2D eigenvalue weighted by Crippen LogP contribution is -2.18. The molecule has 0 aliphatic carbocycles. The summed E-state index contributed by atoms with van der Waals surface area (Å²) < 4.78 is 0.884. The van der Waals surface area contributed by atoms with Crippen LogP contribution in [0.5, 0.6) is 0 Å². The Morgan fingerprint density at radius 1 is 0.957 bits per heavy atom. The second-order valence-corrected chi connectivity index (χ2v) is 5.80. The number of anilines is 1. The number of para-hydroxylation sites is 1. The summed E-state index contributed by atoms with van der Waals surface area (Å²) >= 11 is 3.30. The average molecular weight is 375 g/mol. The standard InChI is InChI=1S/C17H15BrN2O3/c18-12-7-5-11(6-8-12)15(21)9-10-16(22)20-14-4-2-1-3-13(14)17(19)23/h1-8H,9-10H2,(H2,19,23)(H,20,22). The van der Waals surface area contributed by atoms with Gasteiger partial charge in [-0.1, -0.05) is 40.2 Å². The third kappa shape index (κ3) is 4.75. The van der Waals surface area contributed by atoms with E-state index in [0.717, 1.165) is 4.47 Å². The molecule has 0 atom stereocenters. The fourth-order valence-corrected chi connectivity index (χ4v) is 2.29. The molecular formula is C17H15BrN2O3. The van der Waals surface area contributed by atoms with E-state index in [1.807, 2.05) is 0 Å². The number of halogens is 1. The van der Waals surface area contributed by atoms with E-state index in [2.05, 4.69) is 21.2 Å². The Labute approximate surface area is 142 Å². The van der Waals surface area contributed by atoms with Crippen molar-refractivity contribution in [2.24, 2.45) is 5.73 Å². The Morgan fingerprint density at radius 3 is 2.26 bits per heavy atom. The number of nitrogens with two attached hydrogens (primary N) is 1. The van der Waals surface area contributed by atoms with Crippen molar-refractivity contribution in [1.29, 1.82) is 0 Å². The molecule has 0 fully saturated rings. The number of rotatable bonds is 6. The van der Waals surface area contributed by atoms with Crippen LogP contribution in [0.4, 0.5) is 5.69 Å². The van der Waals surface area contributed by atoms with Crippen LogP contribution in [-0.2, 0) is 4.79 Å². The van der Waals surface area contributed by atoms with Crippen molar-refractivity contribution in [3.8, 4) is 0 Å².